The van der Waals surface area contributed by atoms with Crippen LogP contribution in [-0.4, -0.2) is 11.6 Å². The Hall–Kier alpha value is -1.18. The summed E-state index contributed by atoms with van der Waals surface area (Å²) in [5.41, 5.74) is 4.42. The highest BCUT2D eigenvalue weighted by atomic mass is 16.1. The number of fused-ring (bicyclic) bond motifs is 4. The quantitative estimate of drug-likeness (QED) is 0.725. The first kappa shape index (κ1) is 13.5. The molecule has 1 saturated carbocycles. The van der Waals surface area contributed by atoms with Crippen molar-refractivity contribution in [3.63, 3.8) is 0 Å². The fraction of sp³-hybridized carbons (Fsp3) is 0.684. The molecular weight excluding hydrogens is 260 g/mol. The van der Waals surface area contributed by atoms with Gasteiger partial charge >= 0.3 is 0 Å². The van der Waals surface area contributed by atoms with Crippen LogP contribution in [0.4, 0.5) is 0 Å². The van der Waals surface area contributed by atoms with Crippen LogP contribution in [0.1, 0.15) is 64.7 Å². The summed E-state index contributed by atoms with van der Waals surface area (Å²) in [7, 11) is 0. The molecule has 0 heterocycles. The molecule has 0 aromatic rings. The zero-order valence-corrected chi connectivity index (χ0v) is 12.9. The van der Waals surface area contributed by atoms with Crippen molar-refractivity contribution in [1.82, 2.24) is 0 Å². The first-order valence-corrected chi connectivity index (χ1v) is 8.62. The van der Waals surface area contributed by atoms with Gasteiger partial charge in [0.25, 0.3) is 0 Å². The Morgan fingerprint density at radius 3 is 2.81 bits per heavy atom. The molecule has 3 atom stereocenters. The van der Waals surface area contributed by atoms with Gasteiger partial charge in [0.1, 0.15) is 11.6 Å². The summed E-state index contributed by atoms with van der Waals surface area (Å²) >= 11 is 0. The van der Waals surface area contributed by atoms with Gasteiger partial charge in [0.2, 0.25) is 0 Å². The minimum atomic E-state index is -0.0449. The van der Waals surface area contributed by atoms with E-state index in [2.05, 4.69) is 13.0 Å². The molecule has 112 valence electrons. The van der Waals surface area contributed by atoms with Crippen LogP contribution >= 0.6 is 0 Å². The van der Waals surface area contributed by atoms with E-state index >= 15 is 0 Å². The molecule has 0 aromatic carbocycles. The van der Waals surface area contributed by atoms with E-state index in [-0.39, 0.29) is 5.41 Å². The smallest absolute Gasteiger partial charge is 0.139 e. The lowest BCUT2D eigenvalue weighted by Gasteiger charge is -2.46. The minimum absolute atomic E-state index is 0.0449. The summed E-state index contributed by atoms with van der Waals surface area (Å²) < 4.78 is 0. The second kappa shape index (κ2) is 4.66. The summed E-state index contributed by atoms with van der Waals surface area (Å²) in [5, 5.41) is 0. The fourth-order valence-electron chi connectivity index (χ4n) is 5.63. The minimum Gasteiger partial charge on any atom is -0.299 e. The molecule has 21 heavy (non-hydrogen) atoms. The van der Waals surface area contributed by atoms with E-state index in [4.69, 9.17) is 0 Å². The first-order chi connectivity index (χ1) is 10.2. The maximum Gasteiger partial charge on any atom is 0.139 e. The molecule has 0 bridgehead atoms. The molecule has 0 N–H and O–H groups in total. The van der Waals surface area contributed by atoms with Gasteiger partial charge < -0.3 is 0 Å². The maximum atomic E-state index is 12.5. The summed E-state index contributed by atoms with van der Waals surface area (Å²) in [5.74, 6) is 2.10. The highest BCUT2D eigenvalue weighted by molar-refractivity contribution is 5.88. The van der Waals surface area contributed by atoms with Crippen LogP contribution in [0.5, 0.6) is 0 Å². The predicted molar refractivity (Wildman–Crippen MR) is 81.8 cm³/mol. The van der Waals surface area contributed by atoms with Gasteiger partial charge in [0.05, 0.1) is 0 Å². The number of carbonyl (C=O) groups excluding carboxylic acids is 2. The molecule has 2 nitrogen and oxygen atoms in total. The van der Waals surface area contributed by atoms with E-state index in [0.29, 0.717) is 29.8 Å². The number of Topliss-reactive ketones (excluding diaryl/α,β-unsaturated/α-hetero) is 2. The van der Waals surface area contributed by atoms with Crippen molar-refractivity contribution in [3.05, 3.63) is 22.8 Å². The van der Waals surface area contributed by atoms with Gasteiger partial charge in [0, 0.05) is 24.7 Å². The Morgan fingerprint density at radius 1 is 1.14 bits per heavy atom. The Morgan fingerprint density at radius 2 is 2.00 bits per heavy atom. The van der Waals surface area contributed by atoms with Crippen molar-refractivity contribution in [1.29, 1.82) is 0 Å². The van der Waals surface area contributed by atoms with Crippen molar-refractivity contribution < 1.29 is 9.59 Å². The summed E-state index contributed by atoms with van der Waals surface area (Å²) in [6, 6.07) is 0. The van der Waals surface area contributed by atoms with Gasteiger partial charge in [-0.05, 0) is 61.5 Å². The lowest BCUT2D eigenvalue weighted by atomic mass is 9.57. The highest BCUT2D eigenvalue weighted by Crippen LogP contribution is 2.58. The maximum absolute atomic E-state index is 12.5. The zero-order valence-electron chi connectivity index (χ0n) is 12.9. The van der Waals surface area contributed by atoms with E-state index in [9.17, 15) is 9.59 Å². The topological polar surface area (TPSA) is 34.1 Å². The van der Waals surface area contributed by atoms with Gasteiger partial charge in [-0.3, -0.25) is 9.59 Å². The molecule has 0 spiro atoms. The summed E-state index contributed by atoms with van der Waals surface area (Å²) in [4.78, 5) is 24.2. The Bertz CT molecular complexity index is 580. The molecule has 0 radical (unpaired) electrons. The summed E-state index contributed by atoms with van der Waals surface area (Å²) in [6.45, 7) is 2.20. The number of hydrogen-bond donors (Lipinski definition) is 0. The standard InChI is InChI=1S/C19H24O2/c1-2-19-10-9-15-14-6-4-13(20)11-12(14)3-5-16(15)17(19)7-8-18(19)21/h9,16-17H,2-8,10-11H2,1H3/t16-,17+,19+/m1/s1. The van der Waals surface area contributed by atoms with Gasteiger partial charge in [0.15, 0.2) is 0 Å². The average molecular weight is 284 g/mol. The Kier molecular flexibility index (Phi) is 2.99. The van der Waals surface area contributed by atoms with E-state index in [1.807, 2.05) is 0 Å². The molecule has 2 heteroatoms. The molecule has 4 rings (SSSR count). The van der Waals surface area contributed by atoms with Gasteiger partial charge in [-0.1, -0.05) is 18.6 Å². The van der Waals surface area contributed by atoms with Crippen molar-refractivity contribution in [2.75, 3.05) is 0 Å². The average Bonchev–Trinajstić information content (AvgIpc) is 2.84. The Labute approximate surface area is 126 Å². The fourth-order valence-corrected chi connectivity index (χ4v) is 5.63. The van der Waals surface area contributed by atoms with Crippen LogP contribution < -0.4 is 0 Å². The third-order valence-electron chi connectivity index (χ3n) is 6.75. The number of rotatable bonds is 1. The SMILES string of the molecule is CC[C@]12CC=C3C4=C(CC[C@H]3[C@@H]1CCC2=O)CC(=O)CC4. The van der Waals surface area contributed by atoms with Crippen LogP contribution in [0.3, 0.4) is 0 Å². The molecule has 0 amide bonds. The third-order valence-corrected chi connectivity index (χ3v) is 6.75. The van der Waals surface area contributed by atoms with Gasteiger partial charge in [-0.2, -0.15) is 0 Å². The van der Waals surface area contributed by atoms with E-state index in [1.54, 1.807) is 0 Å². The van der Waals surface area contributed by atoms with Crippen molar-refractivity contribution in [3.8, 4) is 0 Å². The molecule has 1 fully saturated rings. The van der Waals surface area contributed by atoms with Crippen LogP contribution in [-0.2, 0) is 9.59 Å². The third kappa shape index (κ3) is 1.77. The van der Waals surface area contributed by atoms with E-state index < -0.39 is 0 Å². The van der Waals surface area contributed by atoms with Crippen molar-refractivity contribution in [2.24, 2.45) is 17.3 Å². The van der Waals surface area contributed by atoms with Crippen LogP contribution in [0.2, 0.25) is 0 Å². The molecule has 0 aliphatic heterocycles. The summed E-state index contributed by atoms with van der Waals surface area (Å²) in [6.07, 6.45) is 10.9. The lowest BCUT2D eigenvalue weighted by Crippen LogP contribution is -2.40. The molecule has 0 unspecified atom stereocenters. The second-order valence-corrected chi connectivity index (χ2v) is 7.38. The zero-order chi connectivity index (χ0) is 14.6. The van der Waals surface area contributed by atoms with Crippen LogP contribution in [0, 0.1) is 17.3 Å². The first-order valence-electron chi connectivity index (χ1n) is 8.62. The van der Waals surface area contributed by atoms with Crippen molar-refractivity contribution in [2.45, 2.75) is 64.7 Å². The van der Waals surface area contributed by atoms with Gasteiger partial charge in [-0.15, -0.1) is 0 Å². The number of allylic oxidation sites excluding steroid dienone is 4. The second-order valence-electron chi connectivity index (χ2n) is 7.38. The van der Waals surface area contributed by atoms with Crippen molar-refractivity contribution >= 4 is 11.6 Å². The number of ketones is 2. The molecule has 0 aromatic heterocycles. The molecule has 0 saturated heterocycles. The van der Waals surface area contributed by atoms with Crippen LogP contribution in [0.15, 0.2) is 22.8 Å². The number of carbonyl (C=O) groups is 2. The monoisotopic (exact) mass is 284 g/mol. The predicted octanol–water partition coefficient (Wildman–Crippen LogP) is 4.15. The highest BCUT2D eigenvalue weighted by Gasteiger charge is 2.54. The van der Waals surface area contributed by atoms with E-state index in [0.717, 1.165) is 51.4 Å². The molecular formula is C19H24O2. The Balaban J connectivity index is 1.75. The van der Waals surface area contributed by atoms with Gasteiger partial charge in [-0.25, -0.2) is 0 Å². The largest absolute Gasteiger partial charge is 0.299 e. The lowest BCUT2D eigenvalue weighted by molar-refractivity contribution is -0.128. The normalized spacial score (nSPS) is 38.8. The molecule has 4 aliphatic rings. The molecule has 4 aliphatic carbocycles. The van der Waals surface area contributed by atoms with E-state index in [1.165, 1.54) is 16.7 Å². The van der Waals surface area contributed by atoms with Crippen LogP contribution in [0.25, 0.3) is 0 Å². The number of hydrogen-bond acceptors (Lipinski definition) is 2.